The minimum Gasteiger partial charge on any atom is -0.477 e. The third-order valence-electron chi connectivity index (χ3n) is 6.16. The highest BCUT2D eigenvalue weighted by molar-refractivity contribution is 7.12. The average Bonchev–Trinajstić information content (AvgIpc) is 3.26. The first-order valence-corrected chi connectivity index (χ1v) is 11.9. The molecule has 1 saturated heterocycles. The standard InChI is InChI=1S/C23H27N5O4S/c1-5-7-17(29)26(4)14-11-27(12-14)16-10-13(3)18-20(30)19(22(31)32)15(6-2)28(21(18)25-16)23-24-8-9-33-23/h8-10,14H,5-7,11-12H2,1-4H3,(H,31,32). The number of carbonyl (C=O) groups is 2. The fraction of sp³-hybridized carbons (Fsp3) is 0.435. The number of pyridine rings is 2. The van der Waals surface area contributed by atoms with Crippen LogP contribution in [0.5, 0.6) is 0 Å². The number of hydrogen-bond donors (Lipinski definition) is 1. The predicted octanol–water partition coefficient (Wildman–Crippen LogP) is 2.86. The summed E-state index contributed by atoms with van der Waals surface area (Å²) >= 11 is 1.36. The Labute approximate surface area is 195 Å². The quantitative estimate of drug-likeness (QED) is 0.567. The number of aryl methyl sites for hydroxylation is 1. The zero-order valence-electron chi connectivity index (χ0n) is 19.2. The number of nitrogens with zero attached hydrogens (tertiary/aromatic N) is 5. The highest BCUT2D eigenvalue weighted by atomic mass is 32.1. The third kappa shape index (κ3) is 3.88. The van der Waals surface area contributed by atoms with E-state index in [4.69, 9.17) is 4.98 Å². The van der Waals surface area contributed by atoms with Gasteiger partial charge in [-0.1, -0.05) is 13.8 Å². The lowest BCUT2D eigenvalue weighted by Crippen LogP contribution is -2.60. The predicted molar refractivity (Wildman–Crippen MR) is 128 cm³/mol. The molecule has 10 heteroatoms. The van der Waals surface area contributed by atoms with E-state index in [0.717, 1.165) is 6.42 Å². The lowest BCUT2D eigenvalue weighted by Gasteiger charge is -2.44. The molecule has 1 aliphatic rings. The molecule has 4 rings (SSSR count). The van der Waals surface area contributed by atoms with Crippen molar-refractivity contribution in [2.75, 3.05) is 25.0 Å². The lowest BCUT2D eigenvalue weighted by molar-refractivity contribution is -0.132. The monoisotopic (exact) mass is 469 g/mol. The molecule has 0 saturated carbocycles. The number of aromatic nitrogens is 3. The lowest BCUT2D eigenvalue weighted by atomic mass is 10.0. The van der Waals surface area contributed by atoms with Crippen molar-refractivity contribution in [2.45, 2.75) is 46.1 Å². The summed E-state index contributed by atoms with van der Waals surface area (Å²) in [5, 5.41) is 12.5. The number of carboxylic acid groups (broad SMARTS) is 1. The van der Waals surface area contributed by atoms with Crippen LogP contribution in [0.25, 0.3) is 16.2 Å². The molecule has 0 spiro atoms. The Morgan fingerprint density at radius 3 is 2.61 bits per heavy atom. The van der Waals surface area contributed by atoms with Crippen LogP contribution >= 0.6 is 11.3 Å². The van der Waals surface area contributed by atoms with Crippen molar-refractivity contribution in [3.8, 4) is 5.13 Å². The molecule has 1 N–H and O–H groups in total. The number of rotatable bonds is 7. The Bertz CT molecular complexity index is 1280. The van der Waals surface area contributed by atoms with Crippen LogP contribution in [0.4, 0.5) is 5.82 Å². The van der Waals surface area contributed by atoms with Gasteiger partial charge in [0.1, 0.15) is 11.4 Å². The first-order valence-electron chi connectivity index (χ1n) is 11.0. The van der Waals surface area contributed by atoms with E-state index in [9.17, 15) is 19.5 Å². The number of thiazole rings is 1. The van der Waals surface area contributed by atoms with Crippen LogP contribution in [0.3, 0.4) is 0 Å². The molecule has 0 radical (unpaired) electrons. The second-order valence-corrected chi connectivity index (χ2v) is 9.14. The van der Waals surface area contributed by atoms with Gasteiger partial charge in [0.2, 0.25) is 11.3 Å². The van der Waals surface area contributed by atoms with E-state index in [-0.39, 0.29) is 22.9 Å². The molecule has 4 heterocycles. The minimum absolute atomic E-state index is 0.114. The van der Waals surface area contributed by atoms with Gasteiger partial charge in [-0.3, -0.25) is 14.2 Å². The van der Waals surface area contributed by atoms with Crippen LogP contribution in [-0.2, 0) is 11.2 Å². The number of likely N-dealkylation sites (N-methyl/N-ethyl adjacent to an activating group) is 1. The fourth-order valence-corrected chi connectivity index (χ4v) is 4.98. The first-order chi connectivity index (χ1) is 15.8. The molecule has 0 aliphatic carbocycles. The second kappa shape index (κ2) is 8.93. The van der Waals surface area contributed by atoms with Gasteiger partial charge in [0.05, 0.1) is 11.4 Å². The summed E-state index contributed by atoms with van der Waals surface area (Å²) in [7, 11) is 1.83. The minimum atomic E-state index is -1.25. The summed E-state index contributed by atoms with van der Waals surface area (Å²) in [4.78, 5) is 50.5. The molecule has 0 bridgehead atoms. The summed E-state index contributed by atoms with van der Waals surface area (Å²) in [5.74, 6) is -0.420. The van der Waals surface area contributed by atoms with Crippen LogP contribution in [0.15, 0.2) is 22.4 Å². The number of anilines is 1. The molecule has 0 atom stereocenters. The van der Waals surface area contributed by atoms with Gasteiger partial charge in [-0.05, 0) is 31.4 Å². The Hall–Kier alpha value is -3.27. The number of fused-ring (bicyclic) bond motifs is 1. The van der Waals surface area contributed by atoms with Crippen LogP contribution < -0.4 is 10.3 Å². The van der Waals surface area contributed by atoms with E-state index in [1.54, 1.807) is 28.0 Å². The van der Waals surface area contributed by atoms with Crippen LogP contribution in [-0.4, -0.2) is 62.6 Å². The van der Waals surface area contributed by atoms with Crippen molar-refractivity contribution < 1.29 is 14.7 Å². The maximum absolute atomic E-state index is 13.2. The van der Waals surface area contributed by atoms with E-state index in [1.165, 1.54) is 11.3 Å². The van der Waals surface area contributed by atoms with Crippen molar-refractivity contribution >= 4 is 40.1 Å². The molecule has 174 valence electrons. The highest BCUT2D eigenvalue weighted by Gasteiger charge is 2.34. The smallest absolute Gasteiger partial charge is 0.341 e. The van der Waals surface area contributed by atoms with E-state index in [0.29, 0.717) is 53.8 Å². The van der Waals surface area contributed by atoms with E-state index < -0.39 is 11.4 Å². The average molecular weight is 470 g/mol. The highest BCUT2D eigenvalue weighted by Crippen LogP contribution is 2.29. The molecule has 1 aliphatic heterocycles. The Balaban J connectivity index is 1.83. The molecule has 0 unspecified atom stereocenters. The Morgan fingerprint density at radius 2 is 2.03 bits per heavy atom. The molecule has 1 amide bonds. The first kappa shape index (κ1) is 22.9. The van der Waals surface area contributed by atoms with Crippen molar-refractivity contribution in [3.05, 3.63) is 44.7 Å². The second-order valence-electron chi connectivity index (χ2n) is 8.27. The number of aromatic carboxylic acids is 1. The molecule has 33 heavy (non-hydrogen) atoms. The number of carboxylic acids is 1. The zero-order chi connectivity index (χ0) is 23.9. The van der Waals surface area contributed by atoms with Crippen molar-refractivity contribution in [1.29, 1.82) is 0 Å². The third-order valence-corrected chi connectivity index (χ3v) is 6.92. The molecule has 1 fully saturated rings. The van der Waals surface area contributed by atoms with Gasteiger partial charge < -0.3 is 14.9 Å². The van der Waals surface area contributed by atoms with Crippen LogP contribution in [0, 0.1) is 6.92 Å². The van der Waals surface area contributed by atoms with Crippen LogP contribution in [0.2, 0.25) is 0 Å². The number of amides is 1. The summed E-state index contributed by atoms with van der Waals surface area (Å²) in [6, 6.07) is 1.93. The molecule has 3 aromatic heterocycles. The summed E-state index contributed by atoms with van der Waals surface area (Å²) in [6.45, 7) is 6.91. The van der Waals surface area contributed by atoms with Crippen molar-refractivity contribution in [2.24, 2.45) is 0 Å². The van der Waals surface area contributed by atoms with Gasteiger partial charge in [0.25, 0.3) is 0 Å². The maximum Gasteiger partial charge on any atom is 0.341 e. The Kier molecular flexibility index (Phi) is 6.20. The fourth-order valence-electron chi connectivity index (χ4n) is 4.31. The van der Waals surface area contributed by atoms with Gasteiger partial charge in [0.15, 0.2) is 10.8 Å². The summed E-state index contributed by atoms with van der Waals surface area (Å²) < 4.78 is 1.70. The molecule has 9 nitrogen and oxygen atoms in total. The molecule has 3 aromatic rings. The summed E-state index contributed by atoms with van der Waals surface area (Å²) in [6.07, 6.45) is 3.33. The van der Waals surface area contributed by atoms with Gasteiger partial charge in [-0.2, -0.15) is 0 Å². The number of hydrogen-bond acceptors (Lipinski definition) is 7. The zero-order valence-corrected chi connectivity index (χ0v) is 20.0. The number of carbonyl (C=O) groups excluding carboxylic acids is 1. The van der Waals surface area contributed by atoms with Gasteiger partial charge in [-0.15, -0.1) is 11.3 Å². The molecule has 0 aromatic carbocycles. The van der Waals surface area contributed by atoms with E-state index in [1.807, 2.05) is 27.0 Å². The largest absolute Gasteiger partial charge is 0.477 e. The topological polar surface area (TPSA) is 109 Å². The van der Waals surface area contributed by atoms with E-state index >= 15 is 0 Å². The van der Waals surface area contributed by atoms with E-state index in [2.05, 4.69) is 9.88 Å². The SMILES string of the molecule is CCCC(=O)N(C)C1CN(c2cc(C)c3c(=O)c(C(=O)O)c(CC)n(-c4nccs4)c3n2)C1. The van der Waals surface area contributed by atoms with Gasteiger partial charge in [0, 0.05) is 43.8 Å². The summed E-state index contributed by atoms with van der Waals surface area (Å²) in [5.41, 5.74) is 0.688. The van der Waals surface area contributed by atoms with Crippen molar-refractivity contribution in [3.63, 3.8) is 0 Å². The molecular weight excluding hydrogens is 442 g/mol. The van der Waals surface area contributed by atoms with Gasteiger partial charge >= 0.3 is 5.97 Å². The van der Waals surface area contributed by atoms with Crippen molar-refractivity contribution in [1.82, 2.24) is 19.4 Å². The maximum atomic E-state index is 13.2. The Morgan fingerprint density at radius 1 is 1.30 bits per heavy atom. The molecular formula is C23H27N5O4S. The van der Waals surface area contributed by atoms with Gasteiger partial charge in [-0.25, -0.2) is 14.8 Å². The normalized spacial score (nSPS) is 13.9. The van der Waals surface area contributed by atoms with Crippen LogP contribution in [0.1, 0.15) is 48.3 Å².